The Balaban J connectivity index is 1.91. The van der Waals surface area contributed by atoms with Crippen LogP contribution in [-0.4, -0.2) is 49.2 Å². The van der Waals surface area contributed by atoms with Gasteiger partial charge in [-0.15, -0.1) is 5.10 Å². The van der Waals surface area contributed by atoms with Crippen LogP contribution in [0.4, 0.5) is 0 Å². The Labute approximate surface area is 140 Å². The molecule has 1 saturated heterocycles. The Morgan fingerprint density at radius 2 is 2.09 bits per heavy atom. The maximum atomic E-state index is 12.7. The molecule has 1 aliphatic heterocycles. The smallest absolute Gasteiger partial charge is 0.253 e. The van der Waals surface area contributed by atoms with E-state index in [0.717, 1.165) is 36.3 Å². The van der Waals surface area contributed by atoms with Gasteiger partial charge in [-0.2, -0.15) is 4.98 Å². The first-order valence-corrected chi connectivity index (χ1v) is 9.30. The number of thioether (sulfide) groups is 1. The van der Waals surface area contributed by atoms with Gasteiger partial charge in [0.2, 0.25) is 11.1 Å². The monoisotopic (exact) mass is 333 g/mol. The zero-order chi connectivity index (χ0) is 16.6. The van der Waals surface area contributed by atoms with E-state index in [-0.39, 0.29) is 5.91 Å². The first kappa shape index (κ1) is 16.2. The summed E-state index contributed by atoms with van der Waals surface area (Å²) in [5.74, 6) is 0.793. The summed E-state index contributed by atoms with van der Waals surface area (Å²) >= 11 is 1.49. The van der Waals surface area contributed by atoms with Crippen LogP contribution in [0, 0.1) is 13.8 Å². The lowest BCUT2D eigenvalue weighted by molar-refractivity contribution is -0.133. The lowest BCUT2D eigenvalue weighted by atomic mass is 10.0. The summed E-state index contributed by atoms with van der Waals surface area (Å²) in [6.45, 7) is 6.94. The largest absolute Gasteiger partial charge is 0.340 e. The van der Waals surface area contributed by atoms with Crippen molar-refractivity contribution in [2.45, 2.75) is 57.7 Å². The normalized spacial score (nSPS) is 18.6. The van der Waals surface area contributed by atoms with Gasteiger partial charge < -0.3 is 4.90 Å². The molecule has 3 heterocycles. The van der Waals surface area contributed by atoms with Gasteiger partial charge in [-0.25, -0.2) is 9.50 Å². The van der Waals surface area contributed by atoms with Gasteiger partial charge in [-0.1, -0.05) is 11.8 Å². The van der Waals surface area contributed by atoms with Gasteiger partial charge in [0.15, 0.2) is 0 Å². The molecule has 2 aromatic heterocycles. The summed E-state index contributed by atoms with van der Waals surface area (Å²) in [6.07, 6.45) is 5.75. The molecule has 1 atom stereocenters. The van der Waals surface area contributed by atoms with Crippen molar-refractivity contribution in [3.8, 4) is 0 Å². The van der Waals surface area contributed by atoms with Crippen molar-refractivity contribution in [1.29, 1.82) is 0 Å². The number of fused-ring (bicyclic) bond motifs is 1. The zero-order valence-corrected chi connectivity index (χ0v) is 15.0. The molecule has 1 amide bonds. The molecule has 0 spiro atoms. The highest BCUT2D eigenvalue weighted by Gasteiger charge is 2.25. The number of aryl methyl sites for hydroxylation is 2. The number of hydrogen-bond acceptors (Lipinski definition) is 5. The summed E-state index contributed by atoms with van der Waals surface area (Å²) in [4.78, 5) is 23.7. The van der Waals surface area contributed by atoms with Crippen LogP contribution in [0.2, 0.25) is 0 Å². The van der Waals surface area contributed by atoms with Crippen molar-refractivity contribution in [3.05, 3.63) is 17.0 Å². The van der Waals surface area contributed by atoms with Crippen LogP contribution in [0.15, 0.2) is 5.16 Å². The molecule has 6 nitrogen and oxygen atoms in total. The maximum absolute atomic E-state index is 12.7. The van der Waals surface area contributed by atoms with Gasteiger partial charge in [0.1, 0.15) is 0 Å². The second-order valence-corrected chi connectivity index (χ2v) is 6.95. The van der Waals surface area contributed by atoms with Gasteiger partial charge in [0, 0.05) is 29.5 Å². The van der Waals surface area contributed by atoms with E-state index >= 15 is 0 Å². The SMILES string of the molecule is CSc1nc2nc(C)c(CC(=O)N3CCCCC3C)c(C)n2n1. The second-order valence-electron chi connectivity index (χ2n) is 6.18. The van der Waals surface area contributed by atoms with Crippen LogP contribution in [0.5, 0.6) is 0 Å². The predicted octanol–water partition coefficient (Wildman–Crippen LogP) is 2.41. The van der Waals surface area contributed by atoms with Gasteiger partial charge in [0.05, 0.1) is 6.42 Å². The van der Waals surface area contributed by atoms with Crippen LogP contribution < -0.4 is 0 Å². The number of nitrogens with zero attached hydrogens (tertiary/aromatic N) is 5. The molecule has 0 saturated carbocycles. The number of likely N-dealkylation sites (tertiary alicyclic amines) is 1. The van der Waals surface area contributed by atoms with E-state index in [2.05, 4.69) is 22.0 Å². The van der Waals surface area contributed by atoms with E-state index in [0.29, 0.717) is 23.4 Å². The Kier molecular flexibility index (Phi) is 4.57. The van der Waals surface area contributed by atoms with Gasteiger partial charge >= 0.3 is 0 Å². The summed E-state index contributed by atoms with van der Waals surface area (Å²) in [6, 6.07) is 0.336. The molecular weight excluding hydrogens is 310 g/mol. The number of carbonyl (C=O) groups excluding carboxylic acids is 1. The minimum absolute atomic E-state index is 0.190. The summed E-state index contributed by atoms with van der Waals surface area (Å²) in [7, 11) is 0. The average Bonchev–Trinajstić information content (AvgIpc) is 2.95. The highest BCUT2D eigenvalue weighted by Crippen LogP contribution is 2.21. The highest BCUT2D eigenvalue weighted by atomic mass is 32.2. The van der Waals surface area contributed by atoms with Crippen LogP contribution in [0.1, 0.15) is 43.1 Å². The first-order valence-electron chi connectivity index (χ1n) is 8.07. The van der Waals surface area contributed by atoms with E-state index in [1.165, 1.54) is 18.2 Å². The molecule has 23 heavy (non-hydrogen) atoms. The van der Waals surface area contributed by atoms with Crippen LogP contribution in [0.3, 0.4) is 0 Å². The lowest BCUT2D eigenvalue weighted by Crippen LogP contribution is -2.43. The summed E-state index contributed by atoms with van der Waals surface area (Å²) in [5, 5.41) is 5.15. The molecular formula is C16H23N5OS. The molecule has 7 heteroatoms. The summed E-state index contributed by atoms with van der Waals surface area (Å²) in [5.41, 5.74) is 2.80. The number of aromatic nitrogens is 4. The topological polar surface area (TPSA) is 63.4 Å². The minimum Gasteiger partial charge on any atom is -0.340 e. The van der Waals surface area contributed by atoms with Crippen LogP contribution in [0.25, 0.3) is 5.78 Å². The van der Waals surface area contributed by atoms with E-state index in [1.54, 1.807) is 4.52 Å². The van der Waals surface area contributed by atoms with Gasteiger partial charge in [-0.05, 0) is 46.3 Å². The standard InChI is InChI=1S/C16H23N5OS/c1-10-7-5-6-8-20(10)14(22)9-13-11(2)17-15-18-16(23-4)19-21(15)12(13)3/h10H,5-9H2,1-4H3. The predicted molar refractivity (Wildman–Crippen MR) is 90.8 cm³/mol. The maximum Gasteiger partial charge on any atom is 0.253 e. The quantitative estimate of drug-likeness (QED) is 0.807. The average molecular weight is 333 g/mol. The number of amides is 1. The highest BCUT2D eigenvalue weighted by molar-refractivity contribution is 7.98. The third-order valence-electron chi connectivity index (χ3n) is 4.66. The molecule has 0 aromatic carbocycles. The molecule has 0 radical (unpaired) electrons. The fourth-order valence-corrected chi connectivity index (χ4v) is 3.59. The Hall–Kier alpha value is -1.63. The van der Waals surface area contributed by atoms with Crippen LogP contribution >= 0.6 is 11.8 Å². The fourth-order valence-electron chi connectivity index (χ4n) is 3.25. The fraction of sp³-hybridized carbons (Fsp3) is 0.625. The van der Waals surface area contributed by atoms with Crippen molar-refractivity contribution in [2.75, 3.05) is 12.8 Å². The molecule has 124 valence electrons. The molecule has 2 aromatic rings. The molecule has 1 fully saturated rings. The van der Waals surface area contributed by atoms with Crippen molar-refractivity contribution in [2.24, 2.45) is 0 Å². The van der Waals surface area contributed by atoms with E-state index < -0.39 is 0 Å². The van der Waals surface area contributed by atoms with E-state index in [9.17, 15) is 4.79 Å². The third kappa shape index (κ3) is 3.06. The molecule has 0 N–H and O–H groups in total. The number of carbonyl (C=O) groups is 1. The molecule has 1 unspecified atom stereocenters. The first-order chi connectivity index (χ1) is 11.0. The lowest BCUT2D eigenvalue weighted by Gasteiger charge is -2.33. The molecule has 0 aliphatic carbocycles. The third-order valence-corrected chi connectivity index (χ3v) is 5.20. The van der Waals surface area contributed by atoms with E-state index in [4.69, 9.17) is 0 Å². The Morgan fingerprint density at radius 1 is 1.30 bits per heavy atom. The van der Waals surface area contributed by atoms with Crippen molar-refractivity contribution >= 4 is 23.4 Å². The summed E-state index contributed by atoms with van der Waals surface area (Å²) < 4.78 is 1.75. The number of hydrogen-bond donors (Lipinski definition) is 0. The Bertz CT molecular complexity index is 742. The zero-order valence-electron chi connectivity index (χ0n) is 14.2. The molecule has 3 rings (SSSR count). The van der Waals surface area contributed by atoms with Crippen molar-refractivity contribution in [1.82, 2.24) is 24.5 Å². The number of rotatable bonds is 3. The Morgan fingerprint density at radius 3 is 2.78 bits per heavy atom. The number of piperidine rings is 1. The molecule has 0 bridgehead atoms. The molecule has 1 aliphatic rings. The van der Waals surface area contributed by atoms with Crippen molar-refractivity contribution < 1.29 is 4.79 Å². The van der Waals surface area contributed by atoms with Crippen LogP contribution in [-0.2, 0) is 11.2 Å². The van der Waals surface area contributed by atoms with Crippen molar-refractivity contribution in [3.63, 3.8) is 0 Å². The van der Waals surface area contributed by atoms with E-state index in [1.807, 2.05) is 25.0 Å². The van der Waals surface area contributed by atoms with Gasteiger partial charge in [0.25, 0.3) is 5.78 Å². The minimum atomic E-state index is 0.190. The van der Waals surface area contributed by atoms with Gasteiger partial charge in [-0.3, -0.25) is 4.79 Å². The second kappa shape index (κ2) is 6.47.